The molecule has 0 spiro atoms. The fourth-order valence-electron chi connectivity index (χ4n) is 1.26. The van der Waals surface area contributed by atoms with Crippen LogP contribution in [0.15, 0.2) is 29.4 Å². The Morgan fingerprint density at radius 3 is 2.80 bits per heavy atom. The number of carbonyl (C=O) groups excluding carboxylic acids is 2. The van der Waals surface area contributed by atoms with E-state index in [1.165, 1.54) is 6.21 Å². The summed E-state index contributed by atoms with van der Waals surface area (Å²) in [5, 5.41) is 6.24. The third-order valence-electron chi connectivity index (χ3n) is 2.05. The number of anilines is 1. The molecule has 0 heterocycles. The number of rotatable bonds is 4. The Balaban J connectivity index is 2.80. The van der Waals surface area contributed by atoms with Crippen molar-refractivity contribution in [1.29, 1.82) is 0 Å². The van der Waals surface area contributed by atoms with Gasteiger partial charge in [0.05, 0.1) is 18.5 Å². The third-order valence-corrected chi connectivity index (χ3v) is 2.14. The normalized spacial score (nSPS) is 10.1. The van der Waals surface area contributed by atoms with Crippen molar-refractivity contribution in [1.82, 2.24) is 5.43 Å². The molecule has 0 fully saturated rings. The van der Waals surface area contributed by atoms with E-state index < -0.39 is 11.9 Å². The molecule has 0 unspecified atom stereocenters. The van der Waals surface area contributed by atoms with E-state index in [-0.39, 0.29) is 11.7 Å². The van der Waals surface area contributed by atoms with Gasteiger partial charge in [-0.25, -0.2) is 4.79 Å². The van der Waals surface area contributed by atoms with Crippen LogP contribution in [0, 0.1) is 0 Å². The lowest BCUT2D eigenvalue weighted by Gasteiger charge is -2.07. The average Bonchev–Trinajstić information content (AvgIpc) is 2.40. The molecular formula is C12H14N4O3S. The maximum absolute atomic E-state index is 11.6. The lowest BCUT2D eigenvalue weighted by atomic mass is 10.2. The molecule has 0 saturated carbocycles. The zero-order valence-electron chi connectivity index (χ0n) is 10.8. The highest BCUT2D eigenvalue weighted by Crippen LogP contribution is 2.12. The molecule has 0 atom stereocenters. The number of benzene rings is 1. The van der Waals surface area contributed by atoms with Gasteiger partial charge < -0.3 is 15.8 Å². The number of hydrazone groups is 1. The first-order chi connectivity index (χ1) is 9.54. The number of carbonyl (C=O) groups is 2. The van der Waals surface area contributed by atoms with Crippen LogP contribution >= 0.6 is 12.2 Å². The van der Waals surface area contributed by atoms with Gasteiger partial charge in [-0.1, -0.05) is 18.2 Å². The number of nitrogens with one attached hydrogen (secondary N) is 2. The van der Waals surface area contributed by atoms with Crippen molar-refractivity contribution < 1.29 is 14.3 Å². The van der Waals surface area contributed by atoms with Gasteiger partial charge in [-0.05, 0) is 25.2 Å². The molecular weight excluding hydrogens is 280 g/mol. The Morgan fingerprint density at radius 1 is 1.45 bits per heavy atom. The number of nitrogens with zero attached hydrogens (tertiary/aromatic N) is 1. The van der Waals surface area contributed by atoms with Gasteiger partial charge in [0, 0.05) is 5.56 Å². The van der Waals surface area contributed by atoms with Crippen molar-refractivity contribution in [2.24, 2.45) is 10.8 Å². The highest BCUT2D eigenvalue weighted by atomic mass is 32.1. The Labute approximate surface area is 121 Å². The van der Waals surface area contributed by atoms with Crippen LogP contribution in [0.5, 0.6) is 0 Å². The van der Waals surface area contributed by atoms with Crippen molar-refractivity contribution >= 4 is 41.1 Å². The van der Waals surface area contributed by atoms with Crippen LogP contribution in [0.3, 0.4) is 0 Å². The van der Waals surface area contributed by atoms with Gasteiger partial charge in [0.2, 0.25) is 0 Å². The molecule has 4 N–H and O–H groups in total. The van der Waals surface area contributed by atoms with Crippen LogP contribution < -0.4 is 16.5 Å². The topological polar surface area (TPSA) is 106 Å². The predicted octanol–water partition coefficient (Wildman–Crippen LogP) is 0.355. The Morgan fingerprint density at radius 2 is 2.15 bits per heavy atom. The minimum atomic E-state index is -0.944. The molecule has 0 aromatic heterocycles. The van der Waals surface area contributed by atoms with Gasteiger partial charge in [-0.2, -0.15) is 5.10 Å². The van der Waals surface area contributed by atoms with Gasteiger partial charge in [-0.3, -0.25) is 10.2 Å². The van der Waals surface area contributed by atoms with Gasteiger partial charge in [0.25, 0.3) is 0 Å². The summed E-state index contributed by atoms with van der Waals surface area (Å²) in [5.74, 6) is -1.80. The van der Waals surface area contributed by atoms with E-state index in [1.807, 2.05) is 0 Å². The van der Waals surface area contributed by atoms with E-state index in [4.69, 9.17) is 5.73 Å². The standard InChI is InChI=1S/C12H14N4O3S/c1-2-19-11(18)10(17)15-9-6-4-3-5-8(9)7-14-16-12(13)20/h3-7H,2H2,1H3,(H,15,17)(H3,13,16,20)/b14-7+. The molecule has 0 radical (unpaired) electrons. The summed E-state index contributed by atoms with van der Waals surface area (Å²) < 4.78 is 4.60. The fourth-order valence-corrected chi connectivity index (χ4v) is 1.31. The molecule has 20 heavy (non-hydrogen) atoms. The summed E-state index contributed by atoms with van der Waals surface area (Å²) in [5.41, 5.74) is 8.61. The Kier molecular flexibility index (Phi) is 6.11. The van der Waals surface area contributed by atoms with E-state index in [0.29, 0.717) is 11.3 Å². The highest BCUT2D eigenvalue weighted by molar-refractivity contribution is 7.80. The number of nitrogens with two attached hydrogens (primary N) is 1. The third kappa shape index (κ3) is 5.02. The molecule has 0 aliphatic carbocycles. The van der Waals surface area contributed by atoms with E-state index in [0.717, 1.165) is 0 Å². The largest absolute Gasteiger partial charge is 0.459 e. The van der Waals surface area contributed by atoms with E-state index >= 15 is 0 Å². The van der Waals surface area contributed by atoms with Crippen LogP contribution in [0.2, 0.25) is 0 Å². The zero-order chi connectivity index (χ0) is 15.0. The smallest absolute Gasteiger partial charge is 0.397 e. The maximum atomic E-state index is 11.6. The van der Waals surface area contributed by atoms with Crippen molar-refractivity contribution in [3.63, 3.8) is 0 Å². The Hall–Kier alpha value is -2.48. The summed E-state index contributed by atoms with van der Waals surface area (Å²) in [6.45, 7) is 1.75. The van der Waals surface area contributed by atoms with E-state index in [2.05, 4.69) is 32.8 Å². The van der Waals surface area contributed by atoms with Crippen LogP contribution in [0.25, 0.3) is 0 Å². The number of esters is 1. The van der Waals surface area contributed by atoms with Gasteiger partial charge in [0.15, 0.2) is 5.11 Å². The number of thiocarbonyl (C=S) groups is 1. The van der Waals surface area contributed by atoms with Crippen molar-refractivity contribution in [3.8, 4) is 0 Å². The number of amides is 1. The second-order valence-corrected chi connectivity index (χ2v) is 3.94. The fraction of sp³-hybridized carbons (Fsp3) is 0.167. The average molecular weight is 294 g/mol. The van der Waals surface area contributed by atoms with Crippen molar-refractivity contribution in [3.05, 3.63) is 29.8 Å². The lowest BCUT2D eigenvalue weighted by molar-refractivity contribution is -0.152. The maximum Gasteiger partial charge on any atom is 0.397 e. The summed E-state index contributed by atoms with van der Waals surface area (Å²) in [6.07, 6.45) is 1.42. The molecule has 0 bridgehead atoms. The summed E-state index contributed by atoms with van der Waals surface area (Å²) >= 11 is 4.60. The number of hydrogen-bond donors (Lipinski definition) is 3. The van der Waals surface area contributed by atoms with E-state index in [9.17, 15) is 9.59 Å². The second kappa shape index (κ2) is 7.85. The van der Waals surface area contributed by atoms with E-state index in [1.54, 1.807) is 31.2 Å². The van der Waals surface area contributed by atoms with Crippen LogP contribution in [-0.2, 0) is 14.3 Å². The lowest BCUT2D eigenvalue weighted by Crippen LogP contribution is -2.26. The molecule has 0 saturated heterocycles. The first-order valence-electron chi connectivity index (χ1n) is 5.70. The van der Waals surface area contributed by atoms with Gasteiger partial charge >= 0.3 is 11.9 Å². The molecule has 1 aromatic rings. The van der Waals surface area contributed by atoms with Crippen LogP contribution in [0.4, 0.5) is 5.69 Å². The minimum Gasteiger partial charge on any atom is -0.459 e. The van der Waals surface area contributed by atoms with Crippen molar-refractivity contribution in [2.75, 3.05) is 11.9 Å². The number of ether oxygens (including phenoxy) is 1. The molecule has 0 aliphatic heterocycles. The Bertz CT molecular complexity index is 545. The van der Waals surface area contributed by atoms with Crippen LogP contribution in [-0.4, -0.2) is 29.8 Å². The number of hydrogen-bond acceptors (Lipinski definition) is 5. The van der Waals surface area contributed by atoms with Gasteiger partial charge in [-0.15, -0.1) is 0 Å². The highest BCUT2D eigenvalue weighted by Gasteiger charge is 2.15. The molecule has 7 nitrogen and oxygen atoms in total. The first kappa shape index (κ1) is 15.6. The molecule has 0 aliphatic rings. The molecule has 1 amide bonds. The monoisotopic (exact) mass is 294 g/mol. The molecule has 8 heteroatoms. The first-order valence-corrected chi connectivity index (χ1v) is 6.11. The van der Waals surface area contributed by atoms with Crippen LogP contribution in [0.1, 0.15) is 12.5 Å². The summed E-state index contributed by atoms with van der Waals surface area (Å²) in [6, 6.07) is 6.78. The quantitative estimate of drug-likeness (QED) is 0.243. The SMILES string of the molecule is CCOC(=O)C(=O)Nc1ccccc1/C=N/NC(N)=S. The number of para-hydroxylation sites is 1. The summed E-state index contributed by atoms with van der Waals surface area (Å²) in [4.78, 5) is 22.8. The molecule has 106 valence electrons. The summed E-state index contributed by atoms with van der Waals surface area (Å²) in [7, 11) is 0. The minimum absolute atomic E-state index is 0.0225. The molecule has 1 rings (SSSR count). The molecule has 1 aromatic carbocycles. The van der Waals surface area contributed by atoms with Crippen molar-refractivity contribution in [2.45, 2.75) is 6.92 Å². The second-order valence-electron chi connectivity index (χ2n) is 3.50. The zero-order valence-corrected chi connectivity index (χ0v) is 11.6. The predicted molar refractivity (Wildman–Crippen MR) is 79.2 cm³/mol. The van der Waals surface area contributed by atoms with Gasteiger partial charge in [0.1, 0.15) is 0 Å².